The molecule has 1 rings (SSSR count). The number of nitrogens with two attached hydrogens (primary N) is 1. The van der Waals surface area contributed by atoms with Crippen LogP contribution in [0.4, 0.5) is 0 Å². The molecule has 0 aromatic heterocycles. The normalized spacial score (nSPS) is 15.5. The van der Waals surface area contributed by atoms with Crippen molar-refractivity contribution < 1.29 is 5.11 Å². The van der Waals surface area contributed by atoms with Gasteiger partial charge in [0.2, 0.25) is 0 Å². The maximum Gasteiger partial charge on any atom is 0.0650 e. The molecule has 0 amide bonds. The average molecular weight is 312 g/mol. The second-order valence-corrected chi connectivity index (χ2v) is 4.77. The lowest BCUT2D eigenvalue weighted by Gasteiger charge is -2.22. The summed E-state index contributed by atoms with van der Waals surface area (Å²) in [5.74, 6) is 0. The highest BCUT2D eigenvalue weighted by Gasteiger charge is 2.20. The molecule has 13 heavy (non-hydrogen) atoms. The Hall–Kier alpha value is 0.160. The van der Waals surface area contributed by atoms with Crippen LogP contribution in [0.1, 0.15) is 12.5 Å². The molecule has 72 valence electrons. The molecule has 1 aromatic rings. The van der Waals surface area contributed by atoms with Crippen molar-refractivity contribution in [2.45, 2.75) is 12.5 Å². The van der Waals surface area contributed by atoms with E-state index in [2.05, 4.69) is 22.6 Å². The predicted molar refractivity (Wildman–Crippen MR) is 62.8 cm³/mol. The fraction of sp³-hybridized carbons (Fsp3) is 0.333. The van der Waals surface area contributed by atoms with Gasteiger partial charge in [-0.1, -0.05) is 17.7 Å². The molecule has 0 radical (unpaired) electrons. The number of benzene rings is 1. The van der Waals surface area contributed by atoms with E-state index in [1.54, 1.807) is 13.0 Å². The van der Waals surface area contributed by atoms with Crippen molar-refractivity contribution in [1.29, 1.82) is 0 Å². The Bertz CT molecular complexity index is 314. The van der Waals surface area contributed by atoms with Crippen molar-refractivity contribution in [2.75, 3.05) is 6.61 Å². The van der Waals surface area contributed by atoms with Crippen LogP contribution in [0.5, 0.6) is 0 Å². The van der Waals surface area contributed by atoms with Crippen LogP contribution in [0.25, 0.3) is 0 Å². The van der Waals surface area contributed by atoms with Gasteiger partial charge in [0.25, 0.3) is 0 Å². The van der Waals surface area contributed by atoms with E-state index in [1.807, 2.05) is 12.1 Å². The number of aliphatic hydroxyl groups is 1. The molecule has 4 heteroatoms. The number of rotatable bonds is 2. The Morgan fingerprint density at radius 1 is 1.62 bits per heavy atom. The summed E-state index contributed by atoms with van der Waals surface area (Å²) >= 11 is 8.00. The van der Waals surface area contributed by atoms with Gasteiger partial charge in [0, 0.05) is 3.57 Å². The molecule has 0 unspecified atom stereocenters. The average Bonchev–Trinajstić information content (AvgIpc) is 2.09. The van der Waals surface area contributed by atoms with E-state index in [9.17, 15) is 0 Å². The maximum absolute atomic E-state index is 9.05. The Kier molecular flexibility index (Phi) is 3.57. The monoisotopic (exact) mass is 311 g/mol. The lowest BCUT2D eigenvalue weighted by molar-refractivity contribution is 0.210. The standard InChI is InChI=1S/C9H11ClINO/c1-9(12,5-13)6-2-3-7(10)8(11)4-6/h2-4,13H,5,12H2,1H3/t9-/m1/s1. The van der Waals surface area contributed by atoms with Crippen LogP contribution in [0.2, 0.25) is 5.02 Å². The molecule has 0 spiro atoms. The van der Waals surface area contributed by atoms with Crippen molar-refractivity contribution >= 4 is 34.2 Å². The predicted octanol–water partition coefficient (Wildman–Crippen LogP) is 2.11. The molecule has 2 nitrogen and oxygen atoms in total. The zero-order chi connectivity index (χ0) is 10.1. The summed E-state index contributed by atoms with van der Waals surface area (Å²) in [5, 5.41) is 9.75. The highest BCUT2D eigenvalue weighted by Crippen LogP contribution is 2.24. The highest BCUT2D eigenvalue weighted by molar-refractivity contribution is 14.1. The first-order valence-electron chi connectivity index (χ1n) is 3.82. The van der Waals surface area contributed by atoms with E-state index in [0.717, 1.165) is 9.13 Å². The van der Waals surface area contributed by atoms with Crippen LogP contribution in [0.15, 0.2) is 18.2 Å². The molecule has 1 aromatic carbocycles. The number of hydrogen-bond acceptors (Lipinski definition) is 2. The maximum atomic E-state index is 9.05. The van der Waals surface area contributed by atoms with Gasteiger partial charge >= 0.3 is 0 Å². The van der Waals surface area contributed by atoms with Crippen LogP contribution in [-0.4, -0.2) is 11.7 Å². The van der Waals surface area contributed by atoms with Crippen molar-refractivity contribution in [3.63, 3.8) is 0 Å². The molecular formula is C9H11ClINO. The lowest BCUT2D eigenvalue weighted by atomic mass is 9.94. The van der Waals surface area contributed by atoms with Gasteiger partial charge in [-0.25, -0.2) is 0 Å². The number of hydrogen-bond donors (Lipinski definition) is 2. The van der Waals surface area contributed by atoms with Gasteiger partial charge in [0.05, 0.1) is 17.2 Å². The summed E-state index contributed by atoms with van der Waals surface area (Å²) in [6.45, 7) is 1.71. The van der Waals surface area contributed by atoms with Crippen LogP contribution < -0.4 is 5.73 Å². The minimum absolute atomic E-state index is 0.0787. The summed E-state index contributed by atoms with van der Waals surface area (Å²) in [4.78, 5) is 0. The molecule has 0 aliphatic rings. The number of aliphatic hydroxyl groups excluding tert-OH is 1. The first-order chi connectivity index (χ1) is 5.97. The van der Waals surface area contributed by atoms with Crippen LogP contribution >= 0.6 is 34.2 Å². The van der Waals surface area contributed by atoms with E-state index in [1.165, 1.54) is 0 Å². The van der Waals surface area contributed by atoms with Crippen molar-refractivity contribution in [3.05, 3.63) is 32.4 Å². The van der Waals surface area contributed by atoms with Gasteiger partial charge < -0.3 is 10.8 Å². The van der Waals surface area contributed by atoms with Gasteiger partial charge in [-0.15, -0.1) is 0 Å². The Labute approximate surface area is 96.2 Å². The Balaban J connectivity index is 3.10. The fourth-order valence-corrected chi connectivity index (χ4v) is 1.58. The van der Waals surface area contributed by atoms with Crippen LogP contribution in [0, 0.1) is 3.57 Å². The second-order valence-electron chi connectivity index (χ2n) is 3.20. The second kappa shape index (κ2) is 4.13. The molecule has 0 aliphatic heterocycles. The Morgan fingerprint density at radius 2 is 2.23 bits per heavy atom. The van der Waals surface area contributed by atoms with Crippen molar-refractivity contribution in [1.82, 2.24) is 0 Å². The third kappa shape index (κ3) is 2.56. The van der Waals surface area contributed by atoms with Gasteiger partial charge in [-0.3, -0.25) is 0 Å². The third-order valence-corrected chi connectivity index (χ3v) is 3.45. The summed E-state index contributed by atoms with van der Waals surface area (Å²) < 4.78 is 0.946. The lowest BCUT2D eigenvalue weighted by Crippen LogP contribution is -2.36. The quantitative estimate of drug-likeness (QED) is 0.822. The van der Waals surface area contributed by atoms with Gasteiger partial charge in [0.15, 0.2) is 0 Å². The highest BCUT2D eigenvalue weighted by atomic mass is 127. The van der Waals surface area contributed by atoms with E-state index in [4.69, 9.17) is 22.4 Å². The Morgan fingerprint density at radius 3 is 2.69 bits per heavy atom. The van der Waals surface area contributed by atoms with Gasteiger partial charge in [0.1, 0.15) is 0 Å². The SMILES string of the molecule is C[C@@](N)(CO)c1ccc(Cl)c(I)c1. The van der Waals surface area contributed by atoms with E-state index in [0.29, 0.717) is 5.02 Å². The molecule has 3 N–H and O–H groups in total. The zero-order valence-electron chi connectivity index (χ0n) is 7.22. The van der Waals surface area contributed by atoms with Crippen molar-refractivity contribution in [2.24, 2.45) is 5.73 Å². The summed E-state index contributed by atoms with van der Waals surface area (Å²) in [7, 11) is 0. The zero-order valence-corrected chi connectivity index (χ0v) is 10.1. The first-order valence-corrected chi connectivity index (χ1v) is 5.28. The molecule has 1 atom stereocenters. The molecule has 0 aliphatic carbocycles. The minimum atomic E-state index is -0.690. The number of halogens is 2. The molecule has 0 saturated carbocycles. The largest absolute Gasteiger partial charge is 0.394 e. The van der Waals surface area contributed by atoms with E-state index >= 15 is 0 Å². The molecular weight excluding hydrogens is 300 g/mol. The first kappa shape index (κ1) is 11.2. The fourth-order valence-electron chi connectivity index (χ4n) is 0.943. The third-order valence-electron chi connectivity index (χ3n) is 1.91. The van der Waals surface area contributed by atoms with Crippen molar-refractivity contribution in [3.8, 4) is 0 Å². The minimum Gasteiger partial charge on any atom is -0.394 e. The van der Waals surface area contributed by atoms with Crippen LogP contribution in [0.3, 0.4) is 0 Å². The van der Waals surface area contributed by atoms with E-state index < -0.39 is 5.54 Å². The topological polar surface area (TPSA) is 46.2 Å². The van der Waals surface area contributed by atoms with Crippen LogP contribution in [-0.2, 0) is 5.54 Å². The summed E-state index contributed by atoms with van der Waals surface area (Å²) in [6, 6.07) is 5.51. The smallest absolute Gasteiger partial charge is 0.0650 e. The van der Waals surface area contributed by atoms with Gasteiger partial charge in [-0.2, -0.15) is 0 Å². The molecule has 0 fully saturated rings. The van der Waals surface area contributed by atoms with Gasteiger partial charge in [-0.05, 0) is 47.2 Å². The summed E-state index contributed by atoms with van der Waals surface area (Å²) in [5.41, 5.74) is 6.06. The molecule has 0 saturated heterocycles. The summed E-state index contributed by atoms with van der Waals surface area (Å²) in [6.07, 6.45) is 0. The molecule has 0 heterocycles. The van der Waals surface area contributed by atoms with E-state index in [-0.39, 0.29) is 6.61 Å². The molecule has 0 bridgehead atoms.